The normalized spacial score (nSPS) is 30.7. The van der Waals surface area contributed by atoms with E-state index < -0.39 is 0 Å². The van der Waals surface area contributed by atoms with Gasteiger partial charge in [0.2, 0.25) is 0 Å². The van der Waals surface area contributed by atoms with Crippen molar-refractivity contribution in [2.75, 3.05) is 37.7 Å². The van der Waals surface area contributed by atoms with Crippen LogP contribution in [0.4, 0.5) is 19.7 Å². The second-order valence-corrected chi connectivity index (χ2v) is 11.8. The predicted molar refractivity (Wildman–Crippen MR) is 135 cm³/mol. The molecule has 5 aliphatic heterocycles. The van der Waals surface area contributed by atoms with Gasteiger partial charge in [0.05, 0.1) is 25.0 Å². The second-order valence-electron chi connectivity index (χ2n) is 11.8. The van der Waals surface area contributed by atoms with Crippen LogP contribution < -0.4 is 4.90 Å². The summed E-state index contributed by atoms with van der Waals surface area (Å²) < 4.78 is 31.0. The molecule has 5 aliphatic rings. The number of piperidine rings is 2. The molecule has 0 radical (unpaired) electrons. The lowest BCUT2D eigenvalue weighted by Crippen LogP contribution is -2.55. The fourth-order valence-corrected chi connectivity index (χ4v) is 7.37. The summed E-state index contributed by atoms with van der Waals surface area (Å²) in [6.07, 6.45) is 5.64. The smallest absolute Gasteiger partial charge is 0.414 e. The van der Waals surface area contributed by atoms with Gasteiger partial charge in [0.15, 0.2) is 0 Å². The van der Waals surface area contributed by atoms with Crippen LogP contribution in [0.15, 0.2) is 18.2 Å². The third-order valence-corrected chi connectivity index (χ3v) is 9.18. The van der Waals surface area contributed by atoms with Crippen LogP contribution in [-0.2, 0) is 19.6 Å². The minimum absolute atomic E-state index is 0.106. The summed E-state index contributed by atoms with van der Waals surface area (Å²) in [4.78, 5) is 32.1. The monoisotopic (exact) mass is 515 g/mol. The molecular weight excluding hydrogens is 477 g/mol. The van der Waals surface area contributed by atoms with Crippen molar-refractivity contribution in [3.05, 3.63) is 29.6 Å². The van der Waals surface area contributed by atoms with Crippen molar-refractivity contribution < 1.29 is 28.2 Å². The Hall–Kier alpha value is -2.39. The Bertz CT molecular complexity index is 1020. The molecule has 6 rings (SSSR count). The van der Waals surface area contributed by atoms with E-state index in [2.05, 4.69) is 4.90 Å². The van der Waals surface area contributed by atoms with Gasteiger partial charge < -0.3 is 24.0 Å². The van der Waals surface area contributed by atoms with E-state index in [4.69, 9.17) is 14.2 Å². The topological polar surface area (TPSA) is 71.6 Å². The molecule has 202 valence electrons. The summed E-state index contributed by atoms with van der Waals surface area (Å²) in [5.74, 6) is -0.266. The predicted octanol–water partition coefficient (Wildman–Crippen LogP) is 4.45. The van der Waals surface area contributed by atoms with Gasteiger partial charge >= 0.3 is 12.2 Å². The fraction of sp³-hybridized carbons (Fsp3) is 0.714. The van der Waals surface area contributed by atoms with Crippen molar-refractivity contribution in [2.45, 2.75) is 94.5 Å². The standard InChI is InChI=1S/C28H38FN3O5/c1-18(2)36-27(34)32-20-4-5-21(32)15-22(14-20)30-10-8-28(9-11-30)17-31(25-6-3-19(29)13-24(25)28)26(33)37-23-7-12-35-16-23/h3,6,13,18,20-23H,4-5,7-12,14-17H2,1-2H3/t20?,21?,22?,23-/m1/s1. The lowest BCUT2D eigenvalue weighted by Gasteiger charge is -2.47. The van der Waals surface area contributed by atoms with Crippen LogP contribution in [0.1, 0.15) is 64.4 Å². The summed E-state index contributed by atoms with van der Waals surface area (Å²) in [6.45, 7) is 7.16. The number of fused-ring (bicyclic) bond motifs is 4. The van der Waals surface area contributed by atoms with Gasteiger partial charge in [0, 0.05) is 36.5 Å². The number of carbonyl (C=O) groups excluding carboxylic acids is 2. The number of benzene rings is 1. The van der Waals surface area contributed by atoms with E-state index in [1.165, 1.54) is 6.07 Å². The average molecular weight is 516 g/mol. The van der Waals surface area contributed by atoms with E-state index in [9.17, 15) is 14.0 Å². The Labute approximate surface area is 218 Å². The van der Waals surface area contributed by atoms with Crippen molar-refractivity contribution in [1.82, 2.24) is 9.80 Å². The van der Waals surface area contributed by atoms with Crippen LogP contribution in [0.5, 0.6) is 0 Å². The molecule has 2 unspecified atom stereocenters. The van der Waals surface area contributed by atoms with Gasteiger partial charge in [-0.25, -0.2) is 14.0 Å². The molecule has 3 atom stereocenters. The number of ether oxygens (including phenoxy) is 3. The van der Waals surface area contributed by atoms with Crippen molar-refractivity contribution in [3.63, 3.8) is 0 Å². The molecule has 1 spiro atoms. The molecule has 2 bridgehead atoms. The third kappa shape index (κ3) is 4.58. The Morgan fingerprint density at radius 2 is 1.78 bits per heavy atom. The molecule has 4 saturated heterocycles. The van der Waals surface area contributed by atoms with Crippen molar-refractivity contribution in [3.8, 4) is 0 Å². The number of rotatable bonds is 3. The Balaban J connectivity index is 1.13. The quantitative estimate of drug-likeness (QED) is 0.593. The Morgan fingerprint density at radius 3 is 2.43 bits per heavy atom. The van der Waals surface area contributed by atoms with Crippen LogP contribution in [0.25, 0.3) is 0 Å². The maximum atomic E-state index is 14.4. The van der Waals surface area contributed by atoms with Crippen molar-refractivity contribution in [2.24, 2.45) is 0 Å². The highest BCUT2D eigenvalue weighted by molar-refractivity contribution is 5.91. The van der Waals surface area contributed by atoms with Gasteiger partial charge in [-0.2, -0.15) is 0 Å². The molecule has 2 amide bonds. The van der Waals surface area contributed by atoms with E-state index in [1.54, 1.807) is 17.0 Å². The summed E-state index contributed by atoms with van der Waals surface area (Å²) in [7, 11) is 0. The van der Waals surface area contributed by atoms with Gasteiger partial charge in [0.1, 0.15) is 11.9 Å². The largest absolute Gasteiger partial charge is 0.447 e. The van der Waals surface area contributed by atoms with E-state index in [0.29, 0.717) is 32.2 Å². The van der Waals surface area contributed by atoms with Crippen molar-refractivity contribution in [1.29, 1.82) is 0 Å². The first kappa shape index (κ1) is 24.9. The molecule has 37 heavy (non-hydrogen) atoms. The molecule has 0 N–H and O–H groups in total. The second kappa shape index (κ2) is 9.73. The van der Waals surface area contributed by atoms with Gasteiger partial charge in [0.25, 0.3) is 0 Å². The van der Waals surface area contributed by atoms with E-state index in [-0.39, 0.29) is 47.7 Å². The number of hydrogen-bond donors (Lipinski definition) is 0. The zero-order chi connectivity index (χ0) is 25.7. The first-order valence-corrected chi connectivity index (χ1v) is 13.9. The number of amides is 2. The highest BCUT2D eigenvalue weighted by Gasteiger charge is 2.50. The van der Waals surface area contributed by atoms with Gasteiger partial charge in [-0.1, -0.05) is 0 Å². The zero-order valence-electron chi connectivity index (χ0n) is 21.9. The number of anilines is 1. The summed E-state index contributed by atoms with van der Waals surface area (Å²) in [5.41, 5.74) is 1.44. The average Bonchev–Trinajstić information content (AvgIpc) is 3.55. The molecule has 5 heterocycles. The molecule has 0 aliphatic carbocycles. The number of nitrogens with zero attached hydrogens (tertiary/aromatic N) is 3. The number of hydrogen-bond acceptors (Lipinski definition) is 6. The first-order valence-electron chi connectivity index (χ1n) is 13.9. The minimum Gasteiger partial charge on any atom is -0.447 e. The molecule has 0 aromatic heterocycles. The van der Waals surface area contributed by atoms with Crippen LogP contribution in [-0.4, -0.2) is 85.2 Å². The zero-order valence-corrected chi connectivity index (χ0v) is 21.9. The molecular formula is C28H38FN3O5. The SMILES string of the molecule is CC(C)OC(=O)N1C2CCC1CC(N1CCC3(CC1)CN(C(=O)O[C@@H]1CCOC1)c1ccc(F)cc13)C2. The van der Waals surface area contributed by atoms with Crippen molar-refractivity contribution >= 4 is 17.9 Å². The molecule has 8 nitrogen and oxygen atoms in total. The molecule has 4 fully saturated rings. The molecule has 9 heteroatoms. The summed E-state index contributed by atoms with van der Waals surface area (Å²) in [6, 6.07) is 5.71. The Kier molecular flexibility index (Phi) is 6.55. The minimum atomic E-state index is -0.361. The van der Waals surface area contributed by atoms with Crippen LogP contribution in [0.2, 0.25) is 0 Å². The third-order valence-electron chi connectivity index (χ3n) is 9.18. The summed E-state index contributed by atoms with van der Waals surface area (Å²) in [5, 5.41) is 0. The van der Waals surface area contributed by atoms with Crippen LogP contribution in [0.3, 0.4) is 0 Å². The number of carbonyl (C=O) groups is 2. The number of likely N-dealkylation sites (tertiary alicyclic amines) is 1. The lowest BCUT2D eigenvalue weighted by molar-refractivity contribution is 0.0174. The Morgan fingerprint density at radius 1 is 1.05 bits per heavy atom. The molecule has 1 aromatic rings. The van der Waals surface area contributed by atoms with E-state index in [1.807, 2.05) is 18.7 Å². The van der Waals surface area contributed by atoms with Gasteiger partial charge in [-0.3, -0.25) is 4.90 Å². The first-order chi connectivity index (χ1) is 17.8. The lowest BCUT2D eigenvalue weighted by atomic mass is 9.73. The maximum Gasteiger partial charge on any atom is 0.414 e. The van der Waals surface area contributed by atoms with E-state index >= 15 is 0 Å². The van der Waals surface area contributed by atoms with Crippen LogP contribution >= 0.6 is 0 Å². The summed E-state index contributed by atoms with van der Waals surface area (Å²) >= 11 is 0. The molecule has 0 saturated carbocycles. The van der Waals surface area contributed by atoms with Gasteiger partial charge in [-0.05, 0) is 89.2 Å². The highest BCUT2D eigenvalue weighted by Crippen LogP contribution is 2.49. The number of halogens is 1. The van der Waals surface area contributed by atoms with E-state index in [0.717, 1.165) is 62.9 Å². The maximum absolute atomic E-state index is 14.4. The molecule has 1 aromatic carbocycles. The van der Waals surface area contributed by atoms with Gasteiger partial charge in [-0.15, -0.1) is 0 Å². The highest BCUT2D eigenvalue weighted by atomic mass is 19.1. The van der Waals surface area contributed by atoms with Crippen LogP contribution in [0, 0.1) is 5.82 Å². The fourth-order valence-electron chi connectivity index (χ4n) is 7.37.